The quantitative estimate of drug-likeness (QED) is 0.318. The third-order valence-corrected chi connectivity index (χ3v) is 8.00. The monoisotopic (exact) mass is 577 g/mol. The van der Waals surface area contributed by atoms with Gasteiger partial charge >= 0.3 is 0 Å². The number of allylic oxidation sites excluding steroid dienone is 3. The van der Waals surface area contributed by atoms with Crippen LogP contribution < -0.4 is 20.1 Å². The van der Waals surface area contributed by atoms with Crippen LogP contribution in [0.5, 0.6) is 11.5 Å². The van der Waals surface area contributed by atoms with Crippen molar-refractivity contribution in [2.75, 3.05) is 12.4 Å². The molecule has 9 heteroatoms. The van der Waals surface area contributed by atoms with Crippen LogP contribution in [0.4, 0.5) is 5.82 Å². The van der Waals surface area contributed by atoms with Crippen LogP contribution >= 0.6 is 23.2 Å². The Labute approximate surface area is 243 Å². The zero-order chi connectivity index (χ0) is 28.4. The highest BCUT2D eigenvalue weighted by Gasteiger charge is 2.39. The highest BCUT2D eigenvalue weighted by atomic mass is 35.5. The Hall–Kier alpha value is -3.81. The molecule has 0 saturated carbocycles. The number of benzene rings is 2. The number of ether oxygens (including phenoxy) is 2. The van der Waals surface area contributed by atoms with Crippen molar-refractivity contribution < 1.29 is 19.1 Å². The van der Waals surface area contributed by atoms with Gasteiger partial charge in [-0.1, -0.05) is 41.4 Å². The summed E-state index contributed by atoms with van der Waals surface area (Å²) < 4.78 is 11.6. The van der Waals surface area contributed by atoms with Crippen LogP contribution in [0.1, 0.15) is 48.8 Å². The average molecular weight is 578 g/mol. The molecule has 0 spiro atoms. The third kappa shape index (κ3) is 5.44. The fourth-order valence-corrected chi connectivity index (χ4v) is 5.60. The van der Waals surface area contributed by atoms with Crippen LogP contribution in [-0.4, -0.2) is 23.8 Å². The maximum absolute atomic E-state index is 13.8. The van der Waals surface area contributed by atoms with Gasteiger partial charge in [-0.3, -0.25) is 9.59 Å². The Morgan fingerprint density at radius 1 is 1.10 bits per heavy atom. The Morgan fingerprint density at radius 3 is 2.70 bits per heavy atom. The van der Waals surface area contributed by atoms with Crippen LogP contribution in [0.3, 0.4) is 0 Å². The van der Waals surface area contributed by atoms with Crippen molar-refractivity contribution in [1.82, 2.24) is 10.3 Å². The molecule has 1 aromatic heterocycles. The molecular weight excluding hydrogens is 549 g/mol. The Balaban J connectivity index is 1.56. The summed E-state index contributed by atoms with van der Waals surface area (Å²) in [5, 5.41) is 7.03. The number of dihydropyridines is 1. The third-order valence-electron chi connectivity index (χ3n) is 7.20. The minimum atomic E-state index is -0.576. The molecule has 2 aromatic carbocycles. The maximum Gasteiger partial charge on any atom is 0.255 e. The van der Waals surface area contributed by atoms with E-state index in [9.17, 15) is 9.59 Å². The van der Waals surface area contributed by atoms with Crippen molar-refractivity contribution in [1.29, 1.82) is 0 Å². The molecule has 0 radical (unpaired) electrons. The van der Waals surface area contributed by atoms with Crippen LogP contribution in [-0.2, 0) is 16.2 Å². The first-order valence-electron chi connectivity index (χ1n) is 13.0. The number of halogens is 2. The molecule has 2 aliphatic rings. The van der Waals surface area contributed by atoms with Crippen LogP contribution in [0, 0.1) is 6.92 Å². The van der Waals surface area contributed by atoms with Gasteiger partial charge in [0.2, 0.25) is 0 Å². The SMILES string of the molecule is COc1ccc([C@H]2C(C(=O)Nc3ncccc3C)=C(C)NC3=C2C(=O)CCC3)cc1COc1cccc(Cl)c1Cl. The lowest BCUT2D eigenvalue weighted by molar-refractivity contribution is -0.116. The van der Waals surface area contributed by atoms with Gasteiger partial charge in [-0.15, -0.1) is 0 Å². The molecule has 1 aliphatic heterocycles. The normalized spacial score (nSPS) is 16.8. The largest absolute Gasteiger partial charge is 0.496 e. The molecule has 206 valence electrons. The van der Waals surface area contributed by atoms with Crippen LogP contribution in [0.2, 0.25) is 10.0 Å². The number of hydrogen-bond acceptors (Lipinski definition) is 6. The fraction of sp³-hybridized carbons (Fsp3) is 0.258. The highest BCUT2D eigenvalue weighted by molar-refractivity contribution is 6.42. The number of aryl methyl sites for hydroxylation is 1. The topological polar surface area (TPSA) is 89.5 Å². The maximum atomic E-state index is 13.8. The van der Waals surface area contributed by atoms with Gasteiger partial charge in [0.15, 0.2) is 5.78 Å². The smallest absolute Gasteiger partial charge is 0.255 e. The number of rotatable bonds is 7. The van der Waals surface area contributed by atoms with E-state index in [-0.39, 0.29) is 18.3 Å². The van der Waals surface area contributed by atoms with E-state index >= 15 is 0 Å². The van der Waals surface area contributed by atoms with E-state index in [1.165, 1.54) is 0 Å². The number of nitrogens with one attached hydrogen (secondary N) is 2. The number of hydrogen-bond donors (Lipinski definition) is 2. The summed E-state index contributed by atoms with van der Waals surface area (Å²) in [5.41, 5.74) is 5.00. The number of ketones is 1. The highest BCUT2D eigenvalue weighted by Crippen LogP contribution is 2.43. The second-order valence-electron chi connectivity index (χ2n) is 9.80. The Bertz CT molecular complexity index is 1560. The van der Waals surface area contributed by atoms with Gasteiger partial charge in [-0.05, 0) is 68.1 Å². The average Bonchev–Trinajstić information content (AvgIpc) is 2.94. The standard InChI is InChI=1S/C31H29Cl2N3O4/c1-17-7-6-14-34-30(17)36-31(38)26-18(2)35-22-9-5-10-23(37)28(22)27(26)19-12-13-24(39-3)20(15-19)16-40-25-11-4-8-21(32)29(25)33/h4,6-8,11-15,27,35H,5,9-10,16H2,1-3H3,(H,34,36,38)/t27-/m0/s1. The summed E-state index contributed by atoms with van der Waals surface area (Å²) in [6.45, 7) is 3.89. The van der Waals surface area contributed by atoms with Gasteiger partial charge in [-0.2, -0.15) is 0 Å². The van der Waals surface area contributed by atoms with Gasteiger partial charge in [0, 0.05) is 46.6 Å². The molecule has 1 aliphatic carbocycles. The predicted octanol–water partition coefficient (Wildman–Crippen LogP) is 6.89. The number of aromatic nitrogens is 1. The number of anilines is 1. The van der Waals surface area contributed by atoms with Crippen molar-refractivity contribution >= 4 is 40.7 Å². The lowest BCUT2D eigenvalue weighted by atomic mass is 9.74. The van der Waals surface area contributed by atoms with E-state index in [1.54, 1.807) is 31.5 Å². The lowest BCUT2D eigenvalue weighted by Gasteiger charge is -2.34. The molecule has 2 heterocycles. The van der Waals surface area contributed by atoms with Crippen molar-refractivity contribution in [2.45, 2.75) is 45.6 Å². The number of nitrogens with zero attached hydrogens (tertiary/aromatic N) is 1. The predicted molar refractivity (Wildman–Crippen MR) is 156 cm³/mol. The first kappa shape index (κ1) is 27.7. The minimum absolute atomic E-state index is 0.0323. The first-order chi connectivity index (χ1) is 19.3. The molecule has 7 nitrogen and oxygen atoms in total. The number of carbonyl (C=O) groups excluding carboxylic acids is 2. The molecule has 40 heavy (non-hydrogen) atoms. The van der Waals surface area contributed by atoms with E-state index in [0.717, 1.165) is 35.2 Å². The zero-order valence-electron chi connectivity index (χ0n) is 22.4. The Kier molecular flexibility index (Phi) is 8.14. The summed E-state index contributed by atoms with van der Waals surface area (Å²) in [5.74, 6) is 0.662. The summed E-state index contributed by atoms with van der Waals surface area (Å²) >= 11 is 12.5. The van der Waals surface area contributed by atoms with Crippen molar-refractivity contribution in [3.05, 3.63) is 104 Å². The van der Waals surface area contributed by atoms with Gasteiger partial charge < -0.3 is 20.1 Å². The summed E-state index contributed by atoms with van der Waals surface area (Å²) in [4.78, 5) is 31.5. The van der Waals surface area contributed by atoms with Gasteiger partial charge in [0.05, 0.1) is 12.1 Å². The molecule has 0 saturated heterocycles. The zero-order valence-corrected chi connectivity index (χ0v) is 23.9. The van der Waals surface area contributed by atoms with Crippen molar-refractivity contribution in [2.24, 2.45) is 0 Å². The molecule has 2 N–H and O–H groups in total. The Morgan fingerprint density at radius 2 is 1.93 bits per heavy atom. The fourth-order valence-electron chi connectivity index (χ4n) is 5.25. The molecule has 1 atom stereocenters. The number of Topliss-reactive ketones (excluding diaryl/α,β-unsaturated/α-hetero) is 1. The summed E-state index contributed by atoms with van der Waals surface area (Å²) in [7, 11) is 1.58. The summed E-state index contributed by atoms with van der Waals surface area (Å²) in [6.07, 6.45) is 3.57. The van der Waals surface area contributed by atoms with Gasteiger partial charge in [0.25, 0.3) is 5.91 Å². The molecule has 3 aromatic rings. The van der Waals surface area contributed by atoms with E-state index in [2.05, 4.69) is 15.6 Å². The molecule has 1 amide bonds. The van der Waals surface area contributed by atoms with E-state index in [4.69, 9.17) is 32.7 Å². The van der Waals surface area contributed by atoms with Gasteiger partial charge in [0.1, 0.15) is 28.9 Å². The van der Waals surface area contributed by atoms with Crippen molar-refractivity contribution in [3.8, 4) is 11.5 Å². The number of pyridine rings is 1. The van der Waals surface area contributed by atoms with E-state index in [1.807, 2.05) is 44.2 Å². The lowest BCUT2D eigenvalue weighted by Crippen LogP contribution is -2.35. The molecule has 0 unspecified atom stereocenters. The second kappa shape index (κ2) is 11.7. The molecule has 0 bridgehead atoms. The second-order valence-corrected chi connectivity index (χ2v) is 10.6. The van der Waals surface area contributed by atoms with Crippen molar-refractivity contribution in [3.63, 3.8) is 0 Å². The number of methoxy groups -OCH3 is 1. The molecule has 0 fully saturated rings. The van der Waals surface area contributed by atoms with Gasteiger partial charge in [-0.25, -0.2) is 4.98 Å². The molecule has 5 rings (SSSR count). The first-order valence-corrected chi connectivity index (χ1v) is 13.7. The van der Waals surface area contributed by atoms with E-state index < -0.39 is 5.92 Å². The summed E-state index contributed by atoms with van der Waals surface area (Å²) in [6, 6.07) is 14.5. The number of carbonyl (C=O) groups is 2. The van der Waals surface area contributed by atoms with E-state index in [0.29, 0.717) is 50.6 Å². The molecular formula is C31H29Cl2N3O4. The van der Waals surface area contributed by atoms with Crippen LogP contribution in [0.15, 0.2) is 77.3 Å². The minimum Gasteiger partial charge on any atom is -0.496 e. The van der Waals surface area contributed by atoms with Crippen LogP contribution in [0.25, 0.3) is 0 Å². The number of amides is 1.